The topological polar surface area (TPSA) is 69.6 Å². The highest BCUT2D eigenvalue weighted by molar-refractivity contribution is 5.76. The van der Waals surface area contributed by atoms with Gasteiger partial charge < -0.3 is 15.5 Å². The van der Waals surface area contributed by atoms with E-state index >= 15 is 0 Å². The average molecular weight is 1090 g/mol. The van der Waals surface area contributed by atoms with Gasteiger partial charge in [0.15, 0.2) is 0 Å². The third-order valence-corrected chi connectivity index (χ3v) is 16.2. The zero-order valence-corrected chi connectivity index (χ0v) is 52.7. The van der Waals surface area contributed by atoms with Crippen molar-refractivity contribution in [3.8, 4) is 0 Å². The molecule has 4 nitrogen and oxygen atoms in total. The number of carbonyl (C=O) groups is 1. The monoisotopic (exact) mass is 1090 g/mol. The minimum absolute atomic E-state index is 0.0569. The second-order valence-electron chi connectivity index (χ2n) is 23.9. The van der Waals surface area contributed by atoms with Gasteiger partial charge in [-0.3, -0.25) is 4.79 Å². The molecule has 78 heavy (non-hydrogen) atoms. The summed E-state index contributed by atoms with van der Waals surface area (Å²) in [7, 11) is 0. The Morgan fingerprint density at radius 3 is 0.846 bits per heavy atom. The number of aliphatic hydroxyl groups excluding tert-OH is 2. The molecular weight excluding hydrogens is 951 g/mol. The third-order valence-electron chi connectivity index (χ3n) is 16.2. The van der Waals surface area contributed by atoms with Crippen molar-refractivity contribution < 1.29 is 15.0 Å². The predicted octanol–water partition coefficient (Wildman–Crippen LogP) is 24.0. The smallest absolute Gasteiger partial charge is 0.220 e. The molecule has 0 aromatic rings. The van der Waals surface area contributed by atoms with Gasteiger partial charge in [0.05, 0.1) is 18.8 Å². The highest BCUT2D eigenvalue weighted by Crippen LogP contribution is 2.19. The van der Waals surface area contributed by atoms with Gasteiger partial charge in [-0.25, -0.2) is 0 Å². The number of nitrogens with one attached hydrogen (secondary N) is 1. The Kier molecular flexibility index (Phi) is 67.2. The molecule has 0 aliphatic heterocycles. The van der Waals surface area contributed by atoms with Gasteiger partial charge in [0, 0.05) is 6.42 Å². The van der Waals surface area contributed by atoms with Crippen LogP contribution in [0, 0.1) is 0 Å². The van der Waals surface area contributed by atoms with Gasteiger partial charge in [-0.1, -0.05) is 376 Å². The van der Waals surface area contributed by atoms with Crippen LogP contribution in [0.5, 0.6) is 0 Å². The molecule has 4 heteroatoms. The summed E-state index contributed by atoms with van der Waals surface area (Å²) in [5, 5.41) is 23.3. The Morgan fingerprint density at radius 1 is 0.321 bits per heavy atom. The van der Waals surface area contributed by atoms with E-state index in [9.17, 15) is 15.0 Å². The zero-order chi connectivity index (χ0) is 56.2. The van der Waals surface area contributed by atoms with Gasteiger partial charge in [-0.15, -0.1) is 0 Å². The van der Waals surface area contributed by atoms with Crippen LogP contribution < -0.4 is 5.32 Å². The largest absolute Gasteiger partial charge is 0.394 e. The molecule has 3 N–H and O–H groups in total. The number of amides is 1. The zero-order valence-electron chi connectivity index (χ0n) is 52.7. The lowest BCUT2D eigenvalue weighted by Crippen LogP contribution is -2.45. The molecule has 0 aromatic carbocycles. The number of hydrogen-bond acceptors (Lipinski definition) is 3. The molecule has 0 aliphatic rings. The Balaban J connectivity index is 3.42. The number of carbonyl (C=O) groups excluding carboxylic acids is 1. The van der Waals surface area contributed by atoms with Gasteiger partial charge in [0.25, 0.3) is 0 Å². The predicted molar refractivity (Wildman–Crippen MR) is 350 cm³/mol. The first-order valence-corrected chi connectivity index (χ1v) is 35.2. The molecule has 0 rings (SSSR count). The summed E-state index contributed by atoms with van der Waals surface area (Å²) in [6, 6.07) is -0.623. The fraction of sp³-hybridized carbons (Fsp3) is 0.824. The maximum absolute atomic E-state index is 12.5. The van der Waals surface area contributed by atoms with Crippen LogP contribution in [0.3, 0.4) is 0 Å². The van der Waals surface area contributed by atoms with Crippen molar-refractivity contribution >= 4 is 5.91 Å². The van der Waals surface area contributed by atoms with Crippen LogP contribution >= 0.6 is 0 Å². The summed E-state index contributed by atoms with van der Waals surface area (Å²) in [6.07, 6.45) is 99.9. The fourth-order valence-corrected chi connectivity index (χ4v) is 10.9. The molecular formula is C74H137NO3. The van der Waals surface area contributed by atoms with E-state index in [1.54, 1.807) is 6.08 Å². The summed E-state index contributed by atoms with van der Waals surface area (Å²) in [5.74, 6) is -0.0569. The van der Waals surface area contributed by atoms with Crippen LogP contribution in [0.1, 0.15) is 373 Å². The summed E-state index contributed by atoms with van der Waals surface area (Å²) in [5.41, 5.74) is 0. The van der Waals surface area contributed by atoms with E-state index < -0.39 is 12.1 Å². The van der Waals surface area contributed by atoms with Crippen LogP contribution in [-0.2, 0) is 4.79 Å². The van der Waals surface area contributed by atoms with Crippen LogP contribution in [0.2, 0.25) is 0 Å². The molecule has 0 aromatic heterocycles. The minimum atomic E-state index is -0.841. The molecule has 2 unspecified atom stereocenters. The highest BCUT2D eigenvalue weighted by Gasteiger charge is 2.18. The maximum Gasteiger partial charge on any atom is 0.220 e. The van der Waals surface area contributed by atoms with Crippen molar-refractivity contribution in [1.82, 2.24) is 5.32 Å². The summed E-state index contributed by atoms with van der Waals surface area (Å²) in [6.45, 7) is 4.23. The van der Waals surface area contributed by atoms with Crippen LogP contribution in [0.25, 0.3) is 0 Å². The summed E-state index contributed by atoms with van der Waals surface area (Å²) < 4.78 is 0. The molecule has 0 radical (unpaired) electrons. The number of allylic oxidation sites excluding steroid dienone is 11. The Morgan fingerprint density at radius 2 is 0.564 bits per heavy atom. The Hall–Kier alpha value is -2.17. The van der Waals surface area contributed by atoms with Gasteiger partial charge >= 0.3 is 0 Å². The number of rotatable bonds is 65. The van der Waals surface area contributed by atoms with Gasteiger partial charge in [0.1, 0.15) is 0 Å². The van der Waals surface area contributed by atoms with E-state index in [1.165, 1.54) is 295 Å². The Bertz CT molecular complexity index is 1330. The van der Waals surface area contributed by atoms with Crippen molar-refractivity contribution in [2.24, 2.45) is 0 Å². The number of aliphatic hydroxyl groups is 2. The van der Waals surface area contributed by atoms with Crippen molar-refractivity contribution in [3.63, 3.8) is 0 Å². The van der Waals surface area contributed by atoms with Crippen LogP contribution in [0.15, 0.2) is 72.9 Å². The molecule has 0 saturated carbocycles. The normalized spacial score (nSPS) is 13.1. The van der Waals surface area contributed by atoms with E-state index in [2.05, 4.69) is 79.9 Å². The summed E-state index contributed by atoms with van der Waals surface area (Å²) in [4.78, 5) is 12.5. The SMILES string of the molecule is CC/C=C\C/C=C\C/C=C\C/C=C\C/C=C\CCCCCCCCCCCCCCCCCCCCCCCCCCCC(=O)NC(CO)C(O)/C=C/CCCCCCCCCCCCCCCCCCCCCCCCC. The van der Waals surface area contributed by atoms with Gasteiger partial charge in [-0.2, -0.15) is 0 Å². The second kappa shape index (κ2) is 69.1. The second-order valence-corrected chi connectivity index (χ2v) is 23.9. The van der Waals surface area contributed by atoms with E-state index in [0.717, 1.165) is 57.8 Å². The van der Waals surface area contributed by atoms with Crippen molar-refractivity contribution in [2.75, 3.05) is 6.61 Å². The standard InChI is InChI=1S/C74H137NO3/c1-3-5-7-9-11-13-15-17-19-21-23-25-27-29-30-31-32-33-34-35-36-37-38-39-40-41-42-43-44-46-48-50-52-54-56-58-60-62-64-66-68-70-74(78)75-72(71-76)73(77)69-67-65-63-61-59-57-55-53-51-49-47-45-28-26-24-22-20-18-16-14-12-10-8-6-4-2/h5,7,11,13,17,19,23,25,29-30,67,69,72-73,76-77H,3-4,6,8-10,12,14-16,18,20-22,24,26-28,31-66,68,70-71H2,1-2H3,(H,75,78)/b7-5-,13-11-,19-17-,25-23-,30-29-,69-67+. The number of unbranched alkanes of at least 4 members (excludes halogenated alkanes) is 48. The molecule has 0 bridgehead atoms. The molecule has 456 valence electrons. The lowest BCUT2D eigenvalue weighted by atomic mass is 10.0. The molecule has 0 fully saturated rings. The molecule has 1 amide bonds. The lowest BCUT2D eigenvalue weighted by molar-refractivity contribution is -0.123. The average Bonchev–Trinajstić information content (AvgIpc) is 3.44. The van der Waals surface area contributed by atoms with E-state index in [-0.39, 0.29) is 12.5 Å². The first kappa shape index (κ1) is 75.8. The first-order valence-electron chi connectivity index (χ1n) is 35.2. The van der Waals surface area contributed by atoms with Crippen molar-refractivity contribution in [2.45, 2.75) is 386 Å². The maximum atomic E-state index is 12.5. The van der Waals surface area contributed by atoms with E-state index in [0.29, 0.717) is 6.42 Å². The van der Waals surface area contributed by atoms with Crippen molar-refractivity contribution in [1.29, 1.82) is 0 Å². The van der Waals surface area contributed by atoms with Crippen LogP contribution in [0.4, 0.5) is 0 Å². The molecule has 0 aliphatic carbocycles. The first-order chi connectivity index (χ1) is 38.7. The minimum Gasteiger partial charge on any atom is -0.394 e. The fourth-order valence-electron chi connectivity index (χ4n) is 10.9. The van der Waals surface area contributed by atoms with E-state index in [1.807, 2.05) is 6.08 Å². The van der Waals surface area contributed by atoms with E-state index in [4.69, 9.17) is 0 Å². The van der Waals surface area contributed by atoms with Crippen molar-refractivity contribution in [3.05, 3.63) is 72.9 Å². The van der Waals surface area contributed by atoms with Gasteiger partial charge in [0.2, 0.25) is 5.91 Å². The lowest BCUT2D eigenvalue weighted by Gasteiger charge is -2.20. The number of hydrogen-bond donors (Lipinski definition) is 3. The quantitative estimate of drug-likeness (QED) is 0.0420. The molecule has 0 heterocycles. The molecule has 0 spiro atoms. The highest BCUT2D eigenvalue weighted by atomic mass is 16.3. The Labute approximate surface area is 489 Å². The van der Waals surface area contributed by atoms with Crippen LogP contribution in [-0.4, -0.2) is 34.9 Å². The molecule has 0 saturated heterocycles. The third kappa shape index (κ3) is 64.6. The van der Waals surface area contributed by atoms with Gasteiger partial charge in [-0.05, 0) is 64.2 Å². The summed E-state index contributed by atoms with van der Waals surface area (Å²) >= 11 is 0. The molecule has 2 atom stereocenters.